The molecule has 0 aliphatic rings. The third-order valence-corrected chi connectivity index (χ3v) is 2.38. The SMILES string of the molecule is COCCC(C)Nc1cccc(OCC(N)=O)c1. The van der Waals surface area contributed by atoms with Crippen molar-refractivity contribution in [3.8, 4) is 5.75 Å². The van der Waals surface area contributed by atoms with E-state index < -0.39 is 5.91 Å². The van der Waals surface area contributed by atoms with Gasteiger partial charge in [-0.3, -0.25) is 4.79 Å². The summed E-state index contributed by atoms with van der Waals surface area (Å²) in [5.74, 6) is 0.138. The molecule has 0 spiro atoms. The Morgan fingerprint density at radius 3 is 2.94 bits per heavy atom. The van der Waals surface area contributed by atoms with Crippen LogP contribution in [0, 0.1) is 0 Å². The minimum Gasteiger partial charge on any atom is -0.484 e. The maximum Gasteiger partial charge on any atom is 0.255 e. The second-order valence-electron chi connectivity index (χ2n) is 4.11. The highest BCUT2D eigenvalue weighted by molar-refractivity contribution is 5.75. The van der Waals surface area contributed by atoms with E-state index in [0.717, 1.165) is 12.1 Å². The molecule has 1 rings (SSSR count). The smallest absolute Gasteiger partial charge is 0.255 e. The molecule has 5 heteroatoms. The quantitative estimate of drug-likeness (QED) is 0.733. The number of rotatable bonds is 8. The fraction of sp³-hybridized carbons (Fsp3) is 0.462. The van der Waals surface area contributed by atoms with E-state index in [2.05, 4.69) is 12.2 Å². The van der Waals surface area contributed by atoms with Gasteiger partial charge in [-0.05, 0) is 25.5 Å². The number of methoxy groups -OCH3 is 1. The predicted octanol–water partition coefficient (Wildman–Crippen LogP) is 1.39. The maximum atomic E-state index is 10.6. The van der Waals surface area contributed by atoms with Crippen molar-refractivity contribution < 1.29 is 14.3 Å². The Hall–Kier alpha value is -1.75. The van der Waals surface area contributed by atoms with Gasteiger partial charge in [-0.25, -0.2) is 0 Å². The van der Waals surface area contributed by atoms with Gasteiger partial charge < -0.3 is 20.5 Å². The molecule has 3 N–H and O–H groups in total. The molecule has 0 bridgehead atoms. The van der Waals surface area contributed by atoms with E-state index in [1.54, 1.807) is 13.2 Å². The van der Waals surface area contributed by atoms with Crippen LogP contribution in [-0.2, 0) is 9.53 Å². The lowest BCUT2D eigenvalue weighted by atomic mass is 10.2. The van der Waals surface area contributed by atoms with E-state index >= 15 is 0 Å². The lowest BCUT2D eigenvalue weighted by Crippen LogP contribution is -2.20. The van der Waals surface area contributed by atoms with Crippen molar-refractivity contribution in [1.29, 1.82) is 0 Å². The summed E-state index contributed by atoms with van der Waals surface area (Å²) in [6, 6.07) is 7.74. The highest BCUT2D eigenvalue weighted by Gasteiger charge is 2.03. The van der Waals surface area contributed by atoms with Crippen LogP contribution in [0.15, 0.2) is 24.3 Å². The zero-order chi connectivity index (χ0) is 13.4. The number of amides is 1. The Bertz CT molecular complexity index is 382. The summed E-state index contributed by atoms with van der Waals surface area (Å²) in [6.45, 7) is 2.69. The monoisotopic (exact) mass is 252 g/mol. The molecule has 0 fully saturated rings. The van der Waals surface area contributed by atoms with Gasteiger partial charge in [0.2, 0.25) is 0 Å². The second kappa shape index (κ2) is 7.55. The first kappa shape index (κ1) is 14.3. The van der Waals surface area contributed by atoms with Crippen molar-refractivity contribution in [2.75, 3.05) is 25.6 Å². The molecule has 1 atom stereocenters. The minimum absolute atomic E-state index is 0.108. The molecule has 100 valence electrons. The number of nitrogens with two attached hydrogens (primary N) is 1. The van der Waals surface area contributed by atoms with Gasteiger partial charge >= 0.3 is 0 Å². The van der Waals surface area contributed by atoms with Gasteiger partial charge in [0.15, 0.2) is 6.61 Å². The Morgan fingerprint density at radius 1 is 1.50 bits per heavy atom. The Labute approximate surface area is 107 Å². The standard InChI is InChI=1S/C13H20N2O3/c1-10(6-7-17-2)15-11-4-3-5-12(8-11)18-9-13(14)16/h3-5,8,10,15H,6-7,9H2,1-2H3,(H2,14,16). The summed E-state index contributed by atoms with van der Waals surface area (Å²) in [5.41, 5.74) is 5.97. The highest BCUT2D eigenvalue weighted by Crippen LogP contribution is 2.18. The molecule has 1 unspecified atom stereocenters. The fourth-order valence-corrected chi connectivity index (χ4v) is 1.48. The molecule has 0 saturated heterocycles. The van der Waals surface area contributed by atoms with Gasteiger partial charge in [0.05, 0.1) is 0 Å². The van der Waals surface area contributed by atoms with Crippen molar-refractivity contribution >= 4 is 11.6 Å². The summed E-state index contributed by atoms with van der Waals surface area (Å²) in [4.78, 5) is 10.6. The van der Waals surface area contributed by atoms with E-state index in [-0.39, 0.29) is 6.61 Å². The Morgan fingerprint density at radius 2 is 2.28 bits per heavy atom. The third kappa shape index (κ3) is 5.54. The predicted molar refractivity (Wildman–Crippen MR) is 70.7 cm³/mol. The van der Waals surface area contributed by atoms with Crippen molar-refractivity contribution in [2.45, 2.75) is 19.4 Å². The molecular weight excluding hydrogens is 232 g/mol. The van der Waals surface area contributed by atoms with Crippen LogP contribution in [-0.4, -0.2) is 32.3 Å². The van der Waals surface area contributed by atoms with E-state index in [4.69, 9.17) is 15.2 Å². The van der Waals surface area contributed by atoms with Gasteiger partial charge in [-0.1, -0.05) is 6.07 Å². The normalized spacial score (nSPS) is 11.9. The molecule has 1 aromatic carbocycles. The molecule has 0 aliphatic carbocycles. The minimum atomic E-state index is -0.484. The molecule has 18 heavy (non-hydrogen) atoms. The Kier molecular flexibility index (Phi) is 6.00. The summed E-state index contributed by atoms with van der Waals surface area (Å²) in [6.07, 6.45) is 0.920. The van der Waals surface area contributed by atoms with Crippen LogP contribution < -0.4 is 15.8 Å². The number of hydrogen-bond acceptors (Lipinski definition) is 4. The van der Waals surface area contributed by atoms with Crippen LogP contribution in [0.2, 0.25) is 0 Å². The van der Waals surface area contributed by atoms with Gasteiger partial charge in [-0.2, -0.15) is 0 Å². The number of benzene rings is 1. The molecule has 0 aromatic heterocycles. The summed E-state index contributed by atoms with van der Waals surface area (Å²) in [5, 5.41) is 3.33. The summed E-state index contributed by atoms with van der Waals surface area (Å²) < 4.78 is 10.3. The van der Waals surface area contributed by atoms with E-state index in [1.807, 2.05) is 18.2 Å². The number of anilines is 1. The fourth-order valence-electron chi connectivity index (χ4n) is 1.48. The molecule has 0 radical (unpaired) electrons. The van der Waals surface area contributed by atoms with Crippen molar-refractivity contribution in [2.24, 2.45) is 5.73 Å². The third-order valence-electron chi connectivity index (χ3n) is 2.38. The summed E-state index contributed by atoms with van der Waals surface area (Å²) >= 11 is 0. The van der Waals surface area contributed by atoms with Crippen LogP contribution in [0.4, 0.5) is 5.69 Å². The molecule has 5 nitrogen and oxygen atoms in total. The molecule has 0 heterocycles. The van der Waals surface area contributed by atoms with Crippen LogP contribution in [0.3, 0.4) is 0 Å². The van der Waals surface area contributed by atoms with Gasteiger partial charge in [0, 0.05) is 31.5 Å². The number of carbonyl (C=O) groups excluding carboxylic acids is 1. The first-order valence-electron chi connectivity index (χ1n) is 5.88. The van der Waals surface area contributed by atoms with Gasteiger partial charge in [0.25, 0.3) is 5.91 Å². The van der Waals surface area contributed by atoms with Crippen molar-refractivity contribution in [3.05, 3.63) is 24.3 Å². The molecule has 1 aromatic rings. The number of carbonyl (C=O) groups is 1. The van der Waals surface area contributed by atoms with Crippen LogP contribution in [0.5, 0.6) is 5.75 Å². The average molecular weight is 252 g/mol. The lowest BCUT2D eigenvalue weighted by molar-refractivity contribution is -0.119. The number of primary amides is 1. The topological polar surface area (TPSA) is 73.6 Å². The first-order valence-corrected chi connectivity index (χ1v) is 5.88. The lowest BCUT2D eigenvalue weighted by Gasteiger charge is -2.15. The van der Waals surface area contributed by atoms with Crippen LogP contribution in [0.1, 0.15) is 13.3 Å². The van der Waals surface area contributed by atoms with E-state index in [0.29, 0.717) is 18.4 Å². The van der Waals surface area contributed by atoms with Crippen LogP contribution in [0.25, 0.3) is 0 Å². The van der Waals surface area contributed by atoms with Crippen molar-refractivity contribution in [3.63, 3.8) is 0 Å². The molecular formula is C13H20N2O3. The average Bonchev–Trinajstić information content (AvgIpc) is 2.34. The molecule has 0 aliphatic heterocycles. The van der Waals surface area contributed by atoms with E-state index in [1.165, 1.54) is 0 Å². The Balaban J connectivity index is 2.50. The van der Waals surface area contributed by atoms with Gasteiger partial charge in [-0.15, -0.1) is 0 Å². The number of nitrogens with one attached hydrogen (secondary N) is 1. The first-order chi connectivity index (χ1) is 8.61. The maximum absolute atomic E-state index is 10.6. The van der Waals surface area contributed by atoms with Gasteiger partial charge in [0.1, 0.15) is 5.75 Å². The zero-order valence-electron chi connectivity index (χ0n) is 10.8. The number of hydrogen-bond donors (Lipinski definition) is 2. The second-order valence-corrected chi connectivity index (χ2v) is 4.11. The number of ether oxygens (including phenoxy) is 2. The molecule has 1 amide bonds. The molecule has 0 saturated carbocycles. The van der Waals surface area contributed by atoms with Crippen LogP contribution >= 0.6 is 0 Å². The highest BCUT2D eigenvalue weighted by atomic mass is 16.5. The van der Waals surface area contributed by atoms with E-state index in [9.17, 15) is 4.79 Å². The zero-order valence-corrected chi connectivity index (χ0v) is 10.8. The van der Waals surface area contributed by atoms with Crippen molar-refractivity contribution in [1.82, 2.24) is 0 Å². The summed E-state index contributed by atoms with van der Waals surface area (Å²) in [7, 11) is 1.69. The largest absolute Gasteiger partial charge is 0.484 e.